The molecule has 0 bridgehead atoms. The highest BCUT2D eigenvalue weighted by molar-refractivity contribution is 6.34. The Hall–Kier alpha value is -0.310. The minimum absolute atomic E-state index is 0.213. The minimum atomic E-state index is 0.213. The van der Waals surface area contributed by atoms with E-state index in [0.29, 0.717) is 10.0 Å². The molecule has 0 aliphatic carbocycles. The van der Waals surface area contributed by atoms with Gasteiger partial charge in [0.15, 0.2) is 0 Å². The molecule has 1 atom stereocenters. The third-order valence-corrected chi connectivity index (χ3v) is 2.53. The summed E-state index contributed by atoms with van der Waals surface area (Å²) < 4.78 is 0. The van der Waals surface area contributed by atoms with Crippen LogP contribution in [0.3, 0.4) is 0 Å². The molecule has 1 aromatic heterocycles. The zero-order chi connectivity index (χ0) is 10.6. The monoisotopic (exact) mass is 232 g/mol. The van der Waals surface area contributed by atoms with E-state index in [1.165, 1.54) is 0 Å². The smallest absolute Gasteiger partial charge is 0.0759 e. The highest BCUT2D eigenvalue weighted by atomic mass is 35.5. The van der Waals surface area contributed by atoms with E-state index in [-0.39, 0.29) is 6.04 Å². The summed E-state index contributed by atoms with van der Waals surface area (Å²) in [4.78, 5) is 4.24. The van der Waals surface area contributed by atoms with Gasteiger partial charge in [0, 0.05) is 6.20 Å². The first kappa shape index (κ1) is 11.8. The second-order valence-electron chi connectivity index (χ2n) is 3.04. The third kappa shape index (κ3) is 2.84. The molecule has 0 saturated carbocycles. The van der Waals surface area contributed by atoms with Crippen LogP contribution >= 0.6 is 23.2 Å². The summed E-state index contributed by atoms with van der Waals surface area (Å²) in [5, 5.41) is 4.52. The Balaban J connectivity index is 2.92. The summed E-state index contributed by atoms with van der Waals surface area (Å²) in [5.41, 5.74) is 0.875. The van der Waals surface area contributed by atoms with Gasteiger partial charge in [-0.05, 0) is 19.0 Å². The molecule has 0 spiro atoms. The Kier molecular flexibility index (Phi) is 4.66. The summed E-state index contributed by atoms with van der Waals surface area (Å²) in [6.45, 7) is 5.06. The number of hydrogen-bond donors (Lipinski definition) is 1. The van der Waals surface area contributed by atoms with Crippen LogP contribution < -0.4 is 5.32 Å². The zero-order valence-electron chi connectivity index (χ0n) is 8.35. The second-order valence-corrected chi connectivity index (χ2v) is 3.88. The molecule has 14 heavy (non-hydrogen) atoms. The molecule has 1 aromatic rings. The summed E-state index contributed by atoms with van der Waals surface area (Å²) >= 11 is 11.8. The van der Waals surface area contributed by atoms with Crippen molar-refractivity contribution in [3.63, 3.8) is 0 Å². The fourth-order valence-electron chi connectivity index (χ4n) is 1.36. The molecule has 78 valence electrons. The topological polar surface area (TPSA) is 24.9 Å². The number of pyridine rings is 1. The van der Waals surface area contributed by atoms with Gasteiger partial charge in [0.25, 0.3) is 0 Å². The lowest BCUT2D eigenvalue weighted by molar-refractivity contribution is 0.525. The third-order valence-electron chi connectivity index (χ3n) is 2.03. The van der Waals surface area contributed by atoms with Crippen molar-refractivity contribution in [3.05, 3.63) is 28.0 Å². The molecule has 0 amide bonds. The largest absolute Gasteiger partial charge is 0.309 e. The molecule has 1 heterocycles. The van der Waals surface area contributed by atoms with Crippen LogP contribution in [0.4, 0.5) is 0 Å². The minimum Gasteiger partial charge on any atom is -0.309 e. The number of rotatable bonds is 4. The van der Waals surface area contributed by atoms with Gasteiger partial charge >= 0.3 is 0 Å². The van der Waals surface area contributed by atoms with Crippen LogP contribution in [0.15, 0.2) is 12.3 Å². The van der Waals surface area contributed by atoms with Crippen molar-refractivity contribution in [1.82, 2.24) is 10.3 Å². The highest BCUT2D eigenvalue weighted by Gasteiger charge is 2.13. The Labute approximate surface area is 94.6 Å². The van der Waals surface area contributed by atoms with Gasteiger partial charge in [0.2, 0.25) is 0 Å². The summed E-state index contributed by atoms with van der Waals surface area (Å²) in [7, 11) is 0. The highest BCUT2D eigenvalue weighted by Crippen LogP contribution is 2.25. The van der Waals surface area contributed by atoms with Crippen LogP contribution in [0, 0.1) is 0 Å². The molecule has 1 N–H and O–H groups in total. The van der Waals surface area contributed by atoms with E-state index in [4.69, 9.17) is 23.2 Å². The van der Waals surface area contributed by atoms with E-state index in [2.05, 4.69) is 24.1 Å². The van der Waals surface area contributed by atoms with Crippen molar-refractivity contribution >= 4 is 23.2 Å². The molecule has 4 heteroatoms. The van der Waals surface area contributed by atoms with E-state index in [1.54, 1.807) is 12.3 Å². The molecule has 1 unspecified atom stereocenters. The van der Waals surface area contributed by atoms with Crippen molar-refractivity contribution in [2.75, 3.05) is 6.54 Å². The van der Waals surface area contributed by atoms with Gasteiger partial charge in [-0.2, -0.15) is 0 Å². The van der Waals surface area contributed by atoms with Gasteiger partial charge in [0.05, 0.1) is 21.8 Å². The maximum Gasteiger partial charge on any atom is 0.0759 e. The number of halogens is 2. The maximum atomic E-state index is 6.05. The van der Waals surface area contributed by atoms with E-state index < -0.39 is 0 Å². The van der Waals surface area contributed by atoms with Crippen LogP contribution in [0.1, 0.15) is 32.0 Å². The zero-order valence-corrected chi connectivity index (χ0v) is 9.86. The fraction of sp³-hybridized carbons (Fsp3) is 0.500. The first-order valence-corrected chi connectivity index (χ1v) is 5.49. The normalized spacial score (nSPS) is 12.9. The van der Waals surface area contributed by atoms with Gasteiger partial charge in [-0.15, -0.1) is 0 Å². The van der Waals surface area contributed by atoms with Crippen LogP contribution in [-0.4, -0.2) is 11.5 Å². The molecule has 0 aliphatic rings. The van der Waals surface area contributed by atoms with Crippen molar-refractivity contribution in [1.29, 1.82) is 0 Å². The van der Waals surface area contributed by atoms with Crippen molar-refractivity contribution < 1.29 is 0 Å². The van der Waals surface area contributed by atoms with Crippen LogP contribution in [0.5, 0.6) is 0 Å². The fourth-order valence-corrected chi connectivity index (χ4v) is 1.87. The maximum absolute atomic E-state index is 6.05. The van der Waals surface area contributed by atoms with Crippen molar-refractivity contribution in [2.24, 2.45) is 0 Å². The first-order valence-electron chi connectivity index (χ1n) is 4.73. The molecule has 0 fully saturated rings. The summed E-state index contributed by atoms with van der Waals surface area (Å²) in [6, 6.07) is 1.94. The molecule has 0 radical (unpaired) electrons. The van der Waals surface area contributed by atoms with Crippen LogP contribution in [0.25, 0.3) is 0 Å². The predicted molar refractivity (Wildman–Crippen MR) is 61.0 cm³/mol. The molecular formula is C10H14Cl2N2. The van der Waals surface area contributed by atoms with Crippen LogP contribution in [0.2, 0.25) is 10.0 Å². The van der Waals surface area contributed by atoms with E-state index in [0.717, 1.165) is 18.7 Å². The predicted octanol–water partition coefficient (Wildman–Crippen LogP) is 3.45. The quantitative estimate of drug-likeness (QED) is 0.861. The molecule has 0 aliphatic heterocycles. The average Bonchev–Trinajstić information content (AvgIpc) is 2.15. The SMILES string of the molecule is CCNC(CC)c1ncc(Cl)cc1Cl. The van der Waals surface area contributed by atoms with Gasteiger partial charge in [0.1, 0.15) is 0 Å². The molecule has 1 rings (SSSR count). The Morgan fingerprint density at radius 2 is 2.14 bits per heavy atom. The van der Waals surface area contributed by atoms with Gasteiger partial charge in [-0.3, -0.25) is 4.98 Å². The van der Waals surface area contributed by atoms with Gasteiger partial charge in [-0.1, -0.05) is 37.0 Å². The average molecular weight is 233 g/mol. The van der Waals surface area contributed by atoms with E-state index in [1.807, 2.05) is 0 Å². The molecule has 0 aromatic carbocycles. The van der Waals surface area contributed by atoms with Gasteiger partial charge < -0.3 is 5.32 Å². The van der Waals surface area contributed by atoms with E-state index in [9.17, 15) is 0 Å². The Bertz CT molecular complexity index is 302. The lowest BCUT2D eigenvalue weighted by atomic mass is 10.1. The van der Waals surface area contributed by atoms with Crippen LogP contribution in [-0.2, 0) is 0 Å². The molecular weight excluding hydrogens is 219 g/mol. The van der Waals surface area contributed by atoms with Gasteiger partial charge in [-0.25, -0.2) is 0 Å². The Morgan fingerprint density at radius 1 is 1.43 bits per heavy atom. The van der Waals surface area contributed by atoms with E-state index >= 15 is 0 Å². The number of aromatic nitrogens is 1. The number of nitrogens with zero attached hydrogens (tertiary/aromatic N) is 1. The molecule has 0 saturated heterocycles. The Morgan fingerprint density at radius 3 is 2.64 bits per heavy atom. The number of hydrogen-bond acceptors (Lipinski definition) is 2. The van der Waals surface area contributed by atoms with Crippen molar-refractivity contribution in [3.8, 4) is 0 Å². The number of nitrogens with one attached hydrogen (secondary N) is 1. The standard InChI is InChI=1S/C10H14Cl2N2/c1-3-9(13-4-2)10-8(12)5-7(11)6-14-10/h5-6,9,13H,3-4H2,1-2H3. The molecule has 2 nitrogen and oxygen atoms in total. The first-order chi connectivity index (χ1) is 6.69. The lowest BCUT2D eigenvalue weighted by Gasteiger charge is -2.16. The summed E-state index contributed by atoms with van der Waals surface area (Å²) in [6.07, 6.45) is 2.59. The second kappa shape index (κ2) is 5.54. The van der Waals surface area contributed by atoms with Crippen molar-refractivity contribution in [2.45, 2.75) is 26.3 Å². The summed E-state index contributed by atoms with van der Waals surface area (Å²) in [5.74, 6) is 0. The lowest BCUT2D eigenvalue weighted by Crippen LogP contribution is -2.21.